The number of fused-ring (bicyclic) bond motifs is 1. The van der Waals surface area contributed by atoms with Gasteiger partial charge in [0.15, 0.2) is 0 Å². The van der Waals surface area contributed by atoms with Gasteiger partial charge in [0.25, 0.3) is 11.8 Å². The fraction of sp³-hybridized carbons (Fsp3) is 0.238. The summed E-state index contributed by atoms with van der Waals surface area (Å²) in [6.07, 6.45) is 0.615. The Bertz CT molecular complexity index is 926. The molecule has 2 aromatic carbocycles. The highest BCUT2D eigenvalue weighted by Gasteiger charge is 2.44. The highest BCUT2D eigenvalue weighted by Crippen LogP contribution is 2.28. The fourth-order valence-electron chi connectivity index (χ4n) is 3.20. The normalized spacial score (nSPS) is 15.1. The van der Waals surface area contributed by atoms with Gasteiger partial charge in [-0.15, -0.1) is 0 Å². The van der Waals surface area contributed by atoms with E-state index in [-0.39, 0.29) is 5.92 Å². The summed E-state index contributed by atoms with van der Waals surface area (Å²) in [5.74, 6) is -1.59. The van der Waals surface area contributed by atoms with Crippen molar-refractivity contribution >= 4 is 23.4 Å². The quantitative estimate of drug-likeness (QED) is 0.828. The van der Waals surface area contributed by atoms with Crippen LogP contribution in [0.1, 0.15) is 46.5 Å². The van der Waals surface area contributed by atoms with Crippen molar-refractivity contribution in [1.82, 2.24) is 4.90 Å². The summed E-state index contributed by atoms with van der Waals surface area (Å²) < 4.78 is 0. The van der Waals surface area contributed by atoms with E-state index in [1.165, 1.54) is 0 Å². The van der Waals surface area contributed by atoms with Crippen LogP contribution in [0.15, 0.2) is 48.5 Å². The molecule has 6 heteroatoms. The molecule has 0 saturated heterocycles. The van der Waals surface area contributed by atoms with Crippen molar-refractivity contribution in [3.05, 3.63) is 65.2 Å². The lowest BCUT2D eigenvalue weighted by Gasteiger charge is -2.29. The standard InChI is InChI=1S/C21H19N3O3/c1-3-13(2)18(19(25)23-15-8-6-7-14(11-15)12-22)24-20(26)16-9-4-5-10-17(16)21(24)27/h4-11,13,18H,3H2,1-2H3,(H,23,25)/t13-,18-/m0/s1. The zero-order chi connectivity index (χ0) is 19.6. The van der Waals surface area contributed by atoms with Crippen LogP contribution in [0.25, 0.3) is 0 Å². The predicted molar refractivity (Wildman–Crippen MR) is 100.0 cm³/mol. The molecule has 2 atom stereocenters. The van der Waals surface area contributed by atoms with E-state index in [2.05, 4.69) is 5.32 Å². The maximum atomic E-state index is 13.0. The average Bonchev–Trinajstić information content (AvgIpc) is 2.93. The SMILES string of the molecule is CC[C@H](C)[C@@H](C(=O)Nc1cccc(C#N)c1)N1C(=O)c2ccccc2C1=O. The second-order valence-electron chi connectivity index (χ2n) is 6.54. The molecule has 1 N–H and O–H groups in total. The summed E-state index contributed by atoms with van der Waals surface area (Å²) in [5.41, 5.74) is 1.49. The third-order valence-electron chi connectivity index (χ3n) is 4.81. The Hall–Kier alpha value is -3.46. The van der Waals surface area contributed by atoms with Crippen molar-refractivity contribution in [2.24, 2.45) is 5.92 Å². The molecule has 3 rings (SSSR count). The largest absolute Gasteiger partial charge is 0.324 e. The minimum atomic E-state index is -0.937. The molecule has 0 saturated carbocycles. The Morgan fingerprint density at radius 3 is 2.30 bits per heavy atom. The molecule has 1 aliphatic heterocycles. The van der Waals surface area contributed by atoms with Gasteiger partial charge in [-0.3, -0.25) is 19.3 Å². The van der Waals surface area contributed by atoms with E-state index in [4.69, 9.17) is 5.26 Å². The number of rotatable bonds is 5. The number of imide groups is 1. The molecule has 6 nitrogen and oxygen atoms in total. The Morgan fingerprint density at radius 1 is 1.11 bits per heavy atom. The Labute approximate surface area is 157 Å². The first kappa shape index (κ1) is 18.3. The van der Waals surface area contributed by atoms with E-state index in [1.807, 2.05) is 19.9 Å². The molecule has 0 fully saturated rings. The summed E-state index contributed by atoms with van der Waals surface area (Å²) in [7, 11) is 0. The van der Waals surface area contributed by atoms with Crippen LogP contribution in [0.5, 0.6) is 0 Å². The van der Waals surface area contributed by atoms with E-state index in [1.54, 1.807) is 48.5 Å². The van der Waals surface area contributed by atoms with Crippen molar-refractivity contribution in [3.8, 4) is 6.07 Å². The lowest BCUT2D eigenvalue weighted by Crippen LogP contribution is -2.50. The van der Waals surface area contributed by atoms with Gasteiger partial charge in [-0.1, -0.05) is 38.5 Å². The van der Waals surface area contributed by atoms with Gasteiger partial charge in [0.2, 0.25) is 5.91 Å². The van der Waals surface area contributed by atoms with Gasteiger partial charge in [-0.25, -0.2) is 0 Å². The summed E-state index contributed by atoms with van der Waals surface area (Å²) in [4.78, 5) is 39.7. The third kappa shape index (κ3) is 3.32. The number of nitrogens with zero attached hydrogens (tertiary/aromatic N) is 2. The van der Waals surface area contributed by atoms with Crippen molar-refractivity contribution in [2.75, 3.05) is 5.32 Å². The second-order valence-corrected chi connectivity index (χ2v) is 6.54. The summed E-state index contributed by atoms with van der Waals surface area (Å²) >= 11 is 0. The van der Waals surface area contributed by atoms with Crippen molar-refractivity contribution in [1.29, 1.82) is 5.26 Å². The van der Waals surface area contributed by atoms with Gasteiger partial charge in [0.1, 0.15) is 6.04 Å². The highest BCUT2D eigenvalue weighted by molar-refractivity contribution is 6.23. The van der Waals surface area contributed by atoms with E-state index in [9.17, 15) is 14.4 Å². The van der Waals surface area contributed by atoms with Crippen LogP contribution in [0, 0.1) is 17.2 Å². The van der Waals surface area contributed by atoms with Crippen molar-refractivity contribution in [2.45, 2.75) is 26.3 Å². The van der Waals surface area contributed by atoms with Crippen LogP contribution < -0.4 is 5.32 Å². The van der Waals surface area contributed by atoms with Gasteiger partial charge in [-0.2, -0.15) is 5.26 Å². The molecular formula is C21H19N3O3. The Kier molecular flexibility index (Phi) is 5.04. The van der Waals surface area contributed by atoms with Crippen LogP contribution in [0.4, 0.5) is 5.69 Å². The van der Waals surface area contributed by atoms with Gasteiger partial charge < -0.3 is 5.32 Å². The van der Waals surface area contributed by atoms with Crippen molar-refractivity contribution in [3.63, 3.8) is 0 Å². The van der Waals surface area contributed by atoms with E-state index in [0.29, 0.717) is 28.8 Å². The molecule has 136 valence electrons. The first-order chi connectivity index (χ1) is 13.0. The summed E-state index contributed by atoms with van der Waals surface area (Å²) in [6.45, 7) is 3.74. The van der Waals surface area contributed by atoms with Crippen LogP contribution in [-0.2, 0) is 4.79 Å². The summed E-state index contributed by atoms with van der Waals surface area (Å²) in [6, 6.07) is 14.2. The minimum Gasteiger partial charge on any atom is -0.324 e. The number of hydrogen-bond donors (Lipinski definition) is 1. The molecule has 27 heavy (non-hydrogen) atoms. The molecule has 3 amide bonds. The zero-order valence-electron chi connectivity index (χ0n) is 15.1. The topological polar surface area (TPSA) is 90.3 Å². The molecule has 2 aromatic rings. The maximum absolute atomic E-state index is 13.0. The highest BCUT2D eigenvalue weighted by atomic mass is 16.2. The molecule has 0 radical (unpaired) electrons. The Morgan fingerprint density at radius 2 is 1.74 bits per heavy atom. The lowest BCUT2D eigenvalue weighted by atomic mass is 9.96. The number of benzene rings is 2. The first-order valence-corrected chi connectivity index (χ1v) is 8.75. The third-order valence-corrected chi connectivity index (χ3v) is 4.81. The van der Waals surface area contributed by atoms with Gasteiger partial charge in [-0.05, 0) is 36.2 Å². The molecule has 0 spiro atoms. The number of carbonyl (C=O) groups is 3. The van der Waals surface area contributed by atoms with Gasteiger partial charge in [0.05, 0.1) is 22.8 Å². The van der Waals surface area contributed by atoms with Crippen LogP contribution in [0.3, 0.4) is 0 Å². The predicted octanol–water partition coefficient (Wildman–Crippen LogP) is 3.21. The first-order valence-electron chi connectivity index (χ1n) is 8.75. The van der Waals surface area contributed by atoms with Crippen molar-refractivity contribution < 1.29 is 14.4 Å². The minimum absolute atomic E-state index is 0.230. The molecule has 0 unspecified atom stereocenters. The number of hydrogen-bond acceptors (Lipinski definition) is 4. The summed E-state index contributed by atoms with van der Waals surface area (Å²) in [5, 5.41) is 11.8. The number of anilines is 1. The number of nitriles is 1. The zero-order valence-corrected chi connectivity index (χ0v) is 15.1. The number of amides is 3. The molecule has 0 aromatic heterocycles. The maximum Gasteiger partial charge on any atom is 0.262 e. The van der Waals surface area contributed by atoms with Gasteiger partial charge in [0, 0.05) is 5.69 Å². The van der Waals surface area contributed by atoms with Crippen LogP contribution in [0.2, 0.25) is 0 Å². The Balaban J connectivity index is 1.93. The number of nitrogens with one attached hydrogen (secondary N) is 1. The monoisotopic (exact) mass is 361 g/mol. The average molecular weight is 361 g/mol. The van der Waals surface area contributed by atoms with E-state index < -0.39 is 23.8 Å². The van der Waals surface area contributed by atoms with Crippen LogP contribution in [-0.4, -0.2) is 28.7 Å². The smallest absolute Gasteiger partial charge is 0.262 e. The van der Waals surface area contributed by atoms with E-state index in [0.717, 1.165) is 4.90 Å². The molecule has 1 heterocycles. The van der Waals surface area contributed by atoms with E-state index >= 15 is 0 Å². The molecule has 1 aliphatic rings. The lowest BCUT2D eigenvalue weighted by molar-refractivity contribution is -0.121. The fourth-order valence-corrected chi connectivity index (χ4v) is 3.20. The molecule has 0 bridgehead atoms. The molecular weight excluding hydrogens is 342 g/mol. The van der Waals surface area contributed by atoms with Gasteiger partial charge >= 0.3 is 0 Å². The van der Waals surface area contributed by atoms with Crippen LogP contribution >= 0.6 is 0 Å². The second kappa shape index (κ2) is 7.42. The number of carbonyl (C=O) groups excluding carboxylic acids is 3. The molecule has 0 aliphatic carbocycles.